The van der Waals surface area contributed by atoms with Crippen molar-refractivity contribution in [2.24, 2.45) is 5.92 Å². The van der Waals surface area contributed by atoms with E-state index in [2.05, 4.69) is 6.92 Å². The molecule has 1 heterocycles. The highest BCUT2D eigenvalue weighted by Gasteiger charge is 2.30. The Hall–Kier alpha value is -1.07. The van der Waals surface area contributed by atoms with Crippen LogP contribution in [0.15, 0.2) is 17.0 Å². The average Bonchev–Trinajstić information content (AvgIpc) is 2.43. The third-order valence-corrected chi connectivity index (χ3v) is 6.14. The number of aryl methyl sites for hydroxylation is 2. The summed E-state index contributed by atoms with van der Waals surface area (Å²) in [6.45, 7) is 9.60. The Morgan fingerprint density at radius 3 is 2.33 bits per heavy atom. The second kappa shape index (κ2) is 6.36. The van der Waals surface area contributed by atoms with Crippen molar-refractivity contribution >= 4 is 10.0 Å². The van der Waals surface area contributed by atoms with Crippen LogP contribution in [0.3, 0.4) is 0 Å². The molecule has 1 aliphatic heterocycles. The minimum Gasteiger partial charge on any atom is -0.492 e. The molecule has 0 aromatic heterocycles. The van der Waals surface area contributed by atoms with Crippen molar-refractivity contribution in [3.8, 4) is 5.75 Å². The highest BCUT2D eigenvalue weighted by atomic mass is 32.2. The van der Waals surface area contributed by atoms with E-state index in [1.54, 1.807) is 10.4 Å². The molecule has 0 aliphatic carbocycles. The first kappa shape index (κ1) is 16.3. The first-order valence-corrected chi connectivity index (χ1v) is 9.04. The van der Waals surface area contributed by atoms with Crippen LogP contribution in [-0.4, -0.2) is 32.4 Å². The molecule has 0 amide bonds. The third kappa shape index (κ3) is 3.40. The van der Waals surface area contributed by atoms with Gasteiger partial charge in [0, 0.05) is 13.1 Å². The van der Waals surface area contributed by atoms with E-state index in [0.29, 0.717) is 36.3 Å². The molecular weight excluding hydrogens is 286 g/mol. The van der Waals surface area contributed by atoms with Crippen molar-refractivity contribution in [2.75, 3.05) is 19.7 Å². The third-order valence-electron chi connectivity index (χ3n) is 4.22. The molecule has 0 radical (unpaired) electrons. The Kier molecular flexibility index (Phi) is 4.94. The van der Waals surface area contributed by atoms with Crippen LogP contribution in [0.2, 0.25) is 0 Å². The topological polar surface area (TPSA) is 46.6 Å². The lowest BCUT2D eigenvalue weighted by Crippen LogP contribution is -2.38. The minimum absolute atomic E-state index is 0.307. The zero-order chi connectivity index (χ0) is 15.6. The van der Waals surface area contributed by atoms with Gasteiger partial charge in [-0.15, -0.1) is 0 Å². The molecule has 0 unspecified atom stereocenters. The van der Waals surface area contributed by atoms with E-state index in [-0.39, 0.29) is 0 Å². The van der Waals surface area contributed by atoms with E-state index in [1.165, 1.54) is 0 Å². The number of hydrogen-bond acceptors (Lipinski definition) is 3. The summed E-state index contributed by atoms with van der Waals surface area (Å²) in [4.78, 5) is 0.307. The lowest BCUT2D eigenvalue weighted by atomic mass is 10.0. The highest BCUT2D eigenvalue weighted by Crippen LogP contribution is 2.32. The van der Waals surface area contributed by atoms with Gasteiger partial charge in [-0.3, -0.25) is 0 Å². The zero-order valence-electron chi connectivity index (χ0n) is 13.3. The predicted octanol–water partition coefficient (Wildman–Crippen LogP) is 3.12. The molecule has 2 rings (SSSR count). The van der Waals surface area contributed by atoms with Crippen molar-refractivity contribution in [1.29, 1.82) is 0 Å². The largest absolute Gasteiger partial charge is 0.492 e. The Bertz CT molecular complexity index is 602. The van der Waals surface area contributed by atoms with Gasteiger partial charge in [-0.1, -0.05) is 6.92 Å². The lowest BCUT2D eigenvalue weighted by Gasteiger charge is -2.30. The van der Waals surface area contributed by atoms with Gasteiger partial charge in [-0.2, -0.15) is 4.31 Å². The summed E-state index contributed by atoms with van der Waals surface area (Å²) in [6, 6.07) is 3.58. The molecule has 5 heteroatoms. The number of nitrogens with zero attached hydrogens (tertiary/aromatic N) is 1. The van der Waals surface area contributed by atoms with Crippen molar-refractivity contribution in [3.05, 3.63) is 23.3 Å². The van der Waals surface area contributed by atoms with Crippen LogP contribution in [0.5, 0.6) is 5.75 Å². The van der Waals surface area contributed by atoms with E-state index in [0.717, 1.165) is 24.0 Å². The fourth-order valence-electron chi connectivity index (χ4n) is 2.60. The summed E-state index contributed by atoms with van der Waals surface area (Å²) >= 11 is 0. The Balaban J connectivity index is 2.41. The van der Waals surface area contributed by atoms with Gasteiger partial charge in [0.05, 0.1) is 6.61 Å². The van der Waals surface area contributed by atoms with Crippen LogP contribution in [0.1, 0.15) is 37.8 Å². The first-order valence-electron chi connectivity index (χ1n) is 7.60. The normalized spacial score (nSPS) is 17.9. The molecule has 1 aromatic carbocycles. The molecule has 4 nitrogen and oxygen atoms in total. The summed E-state index contributed by atoms with van der Waals surface area (Å²) in [6.07, 6.45) is 1.85. The van der Waals surface area contributed by atoms with Gasteiger partial charge in [-0.25, -0.2) is 8.42 Å². The molecule has 0 saturated carbocycles. The molecule has 1 aromatic rings. The van der Waals surface area contributed by atoms with Gasteiger partial charge < -0.3 is 4.74 Å². The molecule has 1 fully saturated rings. The number of piperidine rings is 1. The van der Waals surface area contributed by atoms with E-state index in [1.807, 2.05) is 26.8 Å². The first-order chi connectivity index (χ1) is 9.86. The van der Waals surface area contributed by atoms with Crippen molar-refractivity contribution < 1.29 is 13.2 Å². The fourth-order valence-corrected chi connectivity index (χ4v) is 4.26. The molecule has 0 bridgehead atoms. The second-order valence-electron chi connectivity index (χ2n) is 5.90. The maximum Gasteiger partial charge on any atom is 0.246 e. The highest BCUT2D eigenvalue weighted by molar-refractivity contribution is 7.89. The van der Waals surface area contributed by atoms with E-state index < -0.39 is 10.0 Å². The van der Waals surface area contributed by atoms with Crippen LogP contribution in [-0.2, 0) is 10.0 Å². The number of benzene rings is 1. The molecule has 21 heavy (non-hydrogen) atoms. The molecule has 0 spiro atoms. The summed E-state index contributed by atoms with van der Waals surface area (Å²) < 4.78 is 33.0. The van der Waals surface area contributed by atoms with Crippen LogP contribution in [0.25, 0.3) is 0 Å². The van der Waals surface area contributed by atoms with Gasteiger partial charge in [-0.05, 0) is 62.8 Å². The number of hydrogen-bond donors (Lipinski definition) is 0. The van der Waals surface area contributed by atoms with Crippen LogP contribution in [0.4, 0.5) is 0 Å². The maximum absolute atomic E-state index is 12.9. The maximum atomic E-state index is 12.9. The molecule has 1 saturated heterocycles. The summed E-state index contributed by atoms with van der Waals surface area (Å²) in [7, 11) is -3.47. The number of ether oxygens (including phenoxy) is 1. The molecule has 0 N–H and O–H groups in total. The van der Waals surface area contributed by atoms with Crippen LogP contribution in [0, 0.1) is 19.8 Å². The van der Waals surface area contributed by atoms with Crippen molar-refractivity contribution in [2.45, 2.75) is 45.4 Å². The zero-order valence-corrected chi connectivity index (χ0v) is 14.2. The lowest BCUT2D eigenvalue weighted by molar-refractivity contribution is 0.285. The van der Waals surface area contributed by atoms with Gasteiger partial charge in [0.2, 0.25) is 10.0 Å². The average molecular weight is 311 g/mol. The Morgan fingerprint density at radius 2 is 1.76 bits per heavy atom. The smallest absolute Gasteiger partial charge is 0.246 e. The fraction of sp³-hybridized carbons (Fsp3) is 0.625. The molecule has 0 atom stereocenters. The second-order valence-corrected chi connectivity index (χ2v) is 7.81. The SMILES string of the molecule is CCOc1cc(C)c(C)cc1S(=O)(=O)N1CCC(C)CC1. The van der Waals surface area contributed by atoms with Crippen LogP contribution < -0.4 is 4.74 Å². The molecule has 1 aliphatic rings. The van der Waals surface area contributed by atoms with Gasteiger partial charge in [0.25, 0.3) is 0 Å². The quantitative estimate of drug-likeness (QED) is 0.858. The molecule has 118 valence electrons. The van der Waals surface area contributed by atoms with Gasteiger partial charge >= 0.3 is 0 Å². The minimum atomic E-state index is -3.47. The van der Waals surface area contributed by atoms with Gasteiger partial charge in [0.1, 0.15) is 10.6 Å². The van der Waals surface area contributed by atoms with Crippen LogP contribution >= 0.6 is 0 Å². The van der Waals surface area contributed by atoms with Crippen molar-refractivity contribution in [3.63, 3.8) is 0 Å². The van der Waals surface area contributed by atoms with Gasteiger partial charge in [0.15, 0.2) is 0 Å². The predicted molar refractivity (Wildman–Crippen MR) is 84.2 cm³/mol. The Labute approximate surface area is 128 Å². The monoisotopic (exact) mass is 311 g/mol. The molecular formula is C16H25NO3S. The summed E-state index contributed by atoms with van der Waals surface area (Å²) in [5, 5.41) is 0. The van der Waals surface area contributed by atoms with Crippen molar-refractivity contribution in [1.82, 2.24) is 4.31 Å². The number of sulfonamides is 1. The Morgan fingerprint density at radius 1 is 1.19 bits per heavy atom. The van der Waals surface area contributed by atoms with E-state index >= 15 is 0 Å². The van der Waals surface area contributed by atoms with E-state index in [4.69, 9.17) is 4.74 Å². The standard InChI is InChI=1S/C16H25NO3S/c1-5-20-15-10-13(3)14(4)11-16(15)21(18,19)17-8-6-12(2)7-9-17/h10-12H,5-9H2,1-4H3. The summed E-state index contributed by atoms with van der Waals surface area (Å²) in [5.74, 6) is 1.07. The van der Waals surface area contributed by atoms with E-state index in [9.17, 15) is 8.42 Å². The summed E-state index contributed by atoms with van der Waals surface area (Å²) in [5.41, 5.74) is 2.02. The number of rotatable bonds is 4.